The highest BCUT2D eigenvalue weighted by Crippen LogP contribution is 2.20. The third-order valence-electron chi connectivity index (χ3n) is 2.98. The number of aliphatic hydroxyl groups excluding tert-OH is 1. The van der Waals surface area contributed by atoms with E-state index in [2.05, 4.69) is 0 Å². The lowest BCUT2D eigenvalue weighted by Crippen LogP contribution is -2.33. The molecule has 4 heteroatoms. The van der Waals surface area contributed by atoms with Crippen molar-refractivity contribution in [3.05, 3.63) is 35.9 Å². The normalized spacial score (nSPS) is 20.9. The van der Waals surface area contributed by atoms with Crippen LogP contribution < -0.4 is 0 Å². The molecule has 1 aromatic carbocycles. The molecule has 0 radical (unpaired) electrons. The molecule has 88 valence electrons. The van der Waals surface area contributed by atoms with Gasteiger partial charge in [0.05, 0.1) is 12.2 Å². The summed E-state index contributed by atoms with van der Waals surface area (Å²) in [6.45, 7) is 0.870. The summed E-state index contributed by atoms with van der Waals surface area (Å²) in [5.41, 5.74) is 0.710. The Bertz CT molecular complexity index is 438. The second-order valence-corrected chi connectivity index (χ2v) is 4.20. The number of benzene rings is 1. The summed E-state index contributed by atoms with van der Waals surface area (Å²) in [6, 6.07) is 11.1. The fourth-order valence-electron chi connectivity index (χ4n) is 2.04. The number of hydrogen-bond donors (Lipinski definition) is 1. The number of hydrogen-bond acceptors (Lipinski definition) is 3. The molecule has 1 amide bonds. The van der Waals surface area contributed by atoms with Gasteiger partial charge in [0, 0.05) is 13.1 Å². The summed E-state index contributed by atoms with van der Waals surface area (Å²) in [6.07, 6.45) is 0.146. The second kappa shape index (κ2) is 4.98. The van der Waals surface area contributed by atoms with Crippen LogP contribution in [0.2, 0.25) is 0 Å². The van der Waals surface area contributed by atoms with Gasteiger partial charge in [-0.15, -0.1) is 0 Å². The molecular formula is C13H14N2O2. The summed E-state index contributed by atoms with van der Waals surface area (Å²) in [4.78, 5) is 13.7. The number of carbonyl (C=O) groups excluding carboxylic acids is 1. The van der Waals surface area contributed by atoms with E-state index in [0.717, 1.165) is 0 Å². The smallest absolute Gasteiger partial charge is 0.244 e. The van der Waals surface area contributed by atoms with Crippen LogP contribution in [0.25, 0.3) is 0 Å². The number of likely N-dealkylation sites (tertiary alicyclic amines) is 1. The van der Waals surface area contributed by atoms with E-state index in [4.69, 9.17) is 5.26 Å². The summed E-state index contributed by atoms with van der Waals surface area (Å²) < 4.78 is 0. The third-order valence-corrected chi connectivity index (χ3v) is 2.98. The highest BCUT2D eigenvalue weighted by atomic mass is 16.3. The monoisotopic (exact) mass is 230 g/mol. The van der Waals surface area contributed by atoms with Crippen molar-refractivity contribution < 1.29 is 9.90 Å². The molecule has 17 heavy (non-hydrogen) atoms. The molecule has 1 N–H and O–H groups in total. The second-order valence-electron chi connectivity index (χ2n) is 4.20. The Hall–Kier alpha value is -1.86. The molecule has 1 heterocycles. The zero-order valence-electron chi connectivity index (χ0n) is 9.41. The molecule has 0 aliphatic carbocycles. The van der Waals surface area contributed by atoms with Gasteiger partial charge in [0.15, 0.2) is 0 Å². The van der Waals surface area contributed by atoms with E-state index in [1.165, 1.54) is 0 Å². The first-order valence-electron chi connectivity index (χ1n) is 5.64. The minimum Gasteiger partial charge on any atom is -0.391 e. The average molecular weight is 230 g/mol. The lowest BCUT2D eigenvalue weighted by molar-refractivity contribution is -0.130. The zero-order valence-corrected chi connectivity index (χ0v) is 9.41. The van der Waals surface area contributed by atoms with E-state index in [1.807, 2.05) is 24.3 Å². The zero-order chi connectivity index (χ0) is 12.3. The summed E-state index contributed by atoms with van der Waals surface area (Å²) in [5, 5.41) is 18.5. The highest BCUT2D eigenvalue weighted by molar-refractivity contribution is 5.86. The molecule has 2 unspecified atom stereocenters. The minimum absolute atomic E-state index is 0.213. The molecule has 1 saturated heterocycles. The molecule has 1 aromatic rings. The van der Waals surface area contributed by atoms with E-state index >= 15 is 0 Å². The molecule has 1 fully saturated rings. The Balaban J connectivity index is 2.15. The number of β-amino-alcohol motifs (C(OH)–C–C–N with tert-alkyl or cyclic N) is 1. The third kappa shape index (κ3) is 2.45. The van der Waals surface area contributed by atoms with Crippen LogP contribution in [0.5, 0.6) is 0 Å². The molecule has 0 aromatic heterocycles. The van der Waals surface area contributed by atoms with Crippen molar-refractivity contribution >= 4 is 5.91 Å². The Morgan fingerprint density at radius 1 is 1.47 bits per heavy atom. The van der Waals surface area contributed by atoms with Gasteiger partial charge in [-0.1, -0.05) is 30.3 Å². The lowest BCUT2D eigenvalue weighted by Gasteiger charge is -2.19. The minimum atomic E-state index is -0.763. The van der Waals surface area contributed by atoms with Crippen LogP contribution in [0.3, 0.4) is 0 Å². The first-order valence-corrected chi connectivity index (χ1v) is 5.64. The van der Waals surface area contributed by atoms with Crippen molar-refractivity contribution in [1.82, 2.24) is 4.90 Å². The summed E-state index contributed by atoms with van der Waals surface area (Å²) in [5.74, 6) is -0.975. The summed E-state index contributed by atoms with van der Waals surface area (Å²) in [7, 11) is 0. The van der Waals surface area contributed by atoms with Crippen molar-refractivity contribution in [2.45, 2.75) is 18.4 Å². The molecule has 0 bridgehead atoms. The van der Waals surface area contributed by atoms with Crippen molar-refractivity contribution in [2.24, 2.45) is 0 Å². The fraction of sp³-hybridized carbons (Fsp3) is 0.385. The first kappa shape index (κ1) is 11.6. The summed E-state index contributed by atoms with van der Waals surface area (Å²) >= 11 is 0. The number of nitriles is 1. The van der Waals surface area contributed by atoms with E-state index in [0.29, 0.717) is 25.1 Å². The van der Waals surface area contributed by atoms with E-state index in [9.17, 15) is 9.90 Å². The van der Waals surface area contributed by atoms with Crippen molar-refractivity contribution in [3.8, 4) is 6.07 Å². The molecule has 1 aliphatic rings. The number of aliphatic hydroxyl groups is 1. The van der Waals surface area contributed by atoms with Gasteiger partial charge >= 0.3 is 0 Å². The van der Waals surface area contributed by atoms with Gasteiger partial charge in [-0.25, -0.2) is 0 Å². The van der Waals surface area contributed by atoms with Crippen LogP contribution in [-0.2, 0) is 4.79 Å². The van der Waals surface area contributed by atoms with Gasteiger partial charge < -0.3 is 10.0 Å². The molecule has 2 atom stereocenters. The van der Waals surface area contributed by atoms with Gasteiger partial charge in [-0.2, -0.15) is 5.26 Å². The van der Waals surface area contributed by atoms with Gasteiger partial charge in [-0.3, -0.25) is 4.79 Å². The largest absolute Gasteiger partial charge is 0.391 e. The Morgan fingerprint density at radius 2 is 2.18 bits per heavy atom. The van der Waals surface area contributed by atoms with Crippen LogP contribution in [0.15, 0.2) is 30.3 Å². The fourth-order valence-corrected chi connectivity index (χ4v) is 2.04. The maximum atomic E-state index is 12.1. The molecule has 2 rings (SSSR count). The maximum Gasteiger partial charge on any atom is 0.244 e. The molecular weight excluding hydrogens is 216 g/mol. The number of amides is 1. The van der Waals surface area contributed by atoms with Crippen LogP contribution in [-0.4, -0.2) is 35.1 Å². The Morgan fingerprint density at radius 3 is 2.71 bits per heavy atom. The van der Waals surface area contributed by atoms with Crippen molar-refractivity contribution in [3.63, 3.8) is 0 Å². The molecule has 4 nitrogen and oxygen atoms in total. The van der Waals surface area contributed by atoms with Crippen LogP contribution in [0, 0.1) is 11.3 Å². The Labute approximate surface area is 100 Å². The lowest BCUT2D eigenvalue weighted by atomic mass is 9.99. The van der Waals surface area contributed by atoms with Gasteiger partial charge in [0.1, 0.15) is 5.92 Å². The van der Waals surface area contributed by atoms with Crippen LogP contribution >= 0.6 is 0 Å². The van der Waals surface area contributed by atoms with E-state index in [-0.39, 0.29) is 5.91 Å². The predicted molar refractivity (Wildman–Crippen MR) is 62.0 cm³/mol. The topological polar surface area (TPSA) is 64.3 Å². The van der Waals surface area contributed by atoms with Crippen molar-refractivity contribution in [2.75, 3.05) is 13.1 Å². The Kier molecular flexibility index (Phi) is 3.40. The molecule has 0 saturated carbocycles. The quantitative estimate of drug-likeness (QED) is 0.820. The van der Waals surface area contributed by atoms with E-state index < -0.39 is 12.0 Å². The van der Waals surface area contributed by atoms with Gasteiger partial charge in [-0.05, 0) is 12.0 Å². The first-order chi connectivity index (χ1) is 8.22. The maximum absolute atomic E-state index is 12.1. The van der Waals surface area contributed by atoms with Crippen LogP contribution in [0.1, 0.15) is 17.9 Å². The number of nitrogens with zero attached hydrogens (tertiary/aromatic N) is 2. The van der Waals surface area contributed by atoms with Crippen molar-refractivity contribution in [1.29, 1.82) is 5.26 Å². The van der Waals surface area contributed by atoms with Gasteiger partial charge in [0.2, 0.25) is 5.91 Å². The van der Waals surface area contributed by atoms with E-state index in [1.54, 1.807) is 17.0 Å². The number of carbonyl (C=O) groups is 1. The van der Waals surface area contributed by atoms with Crippen LogP contribution in [0.4, 0.5) is 0 Å². The number of rotatable bonds is 2. The molecule has 1 aliphatic heterocycles. The average Bonchev–Trinajstić information content (AvgIpc) is 2.78. The van der Waals surface area contributed by atoms with Gasteiger partial charge in [0.25, 0.3) is 0 Å². The highest BCUT2D eigenvalue weighted by Gasteiger charge is 2.30. The molecule has 0 spiro atoms. The standard InChI is InChI=1S/C13H14N2O2/c14-8-12(10-4-2-1-3-5-10)13(17)15-7-6-11(16)9-15/h1-5,11-12,16H,6-7,9H2. The SMILES string of the molecule is N#CC(C(=O)N1CCC(O)C1)c1ccccc1. The predicted octanol–water partition coefficient (Wildman–Crippen LogP) is 0.887.